The number of ether oxygens (including phenoxy) is 1. The van der Waals surface area contributed by atoms with E-state index in [0.717, 1.165) is 0 Å². The molecule has 0 amide bonds. The fourth-order valence-corrected chi connectivity index (χ4v) is 2.44. The van der Waals surface area contributed by atoms with Crippen molar-refractivity contribution in [3.05, 3.63) is 70.7 Å². The van der Waals surface area contributed by atoms with Crippen LogP contribution in [0.2, 0.25) is 0 Å². The van der Waals surface area contributed by atoms with Gasteiger partial charge in [0.1, 0.15) is 5.75 Å². The Kier molecular flexibility index (Phi) is 9.03. The zero-order valence-electron chi connectivity index (χ0n) is 16.5. The highest BCUT2D eigenvalue weighted by Crippen LogP contribution is 2.35. The van der Waals surface area contributed by atoms with E-state index in [-0.39, 0.29) is 11.1 Å². The van der Waals surface area contributed by atoms with Crippen LogP contribution in [0.1, 0.15) is 11.1 Å². The van der Waals surface area contributed by atoms with Gasteiger partial charge in [0.15, 0.2) is 15.1 Å². The zero-order chi connectivity index (χ0) is 26.4. The van der Waals surface area contributed by atoms with E-state index in [2.05, 4.69) is 9.16 Å². The minimum atomic E-state index is -6.09. The van der Waals surface area contributed by atoms with Crippen molar-refractivity contribution in [2.75, 3.05) is 7.11 Å². The van der Waals surface area contributed by atoms with Crippen molar-refractivity contribution in [1.29, 1.82) is 5.39 Å². The minimum absolute atomic E-state index is 0.0599. The second-order valence-corrected chi connectivity index (χ2v) is 8.66. The SMILES string of the molecule is COc1ccc(/C(OS(=O)(=O)C(F)(F)F)=C(\[N+]#N)c2ccccc2)cc1.O=S(=O)([O-])C(F)(F)F. The van der Waals surface area contributed by atoms with Crippen LogP contribution >= 0.6 is 0 Å². The Morgan fingerprint density at radius 1 is 0.853 bits per heavy atom. The first-order valence-electron chi connectivity index (χ1n) is 8.26. The molecular formula is C17H12F6N2O7S2. The van der Waals surface area contributed by atoms with Crippen molar-refractivity contribution in [2.24, 2.45) is 0 Å². The average Bonchev–Trinajstić information content (AvgIpc) is 2.72. The van der Waals surface area contributed by atoms with Gasteiger partial charge in [-0.1, -0.05) is 18.2 Å². The van der Waals surface area contributed by atoms with Crippen molar-refractivity contribution in [3.8, 4) is 5.75 Å². The molecule has 0 radical (unpaired) electrons. The molecule has 0 aromatic heterocycles. The first kappa shape index (κ1) is 28.7. The van der Waals surface area contributed by atoms with E-state index >= 15 is 0 Å². The molecule has 17 heteroatoms. The molecule has 0 spiro atoms. The maximum atomic E-state index is 12.7. The number of nitrogens with zero attached hydrogens (tertiary/aromatic N) is 2. The summed E-state index contributed by atoms with van der Waals surface area (Å²) in [5, 5.41) is 9.30. The van der Waals surface area contributed by atoms with Gasteiger partial charge in [-0.05, 0) is 36.4 Å². The van der Waals surface area contributed by atoms with Crippen LogP contribution in [-0.2, 0) is 24.4 Å². The van der Waals surface area contributed by atoms with Crippen molar-refractivity contribution in [3.63, 3.8) is 0 Å². The number of halogens is 6. The highest BCUT2D eigenvalue weighted by Gasteiger charge is 2.50. The standard InChI is InChI=1S/C16H12F3N2O4S.CHF3O3S/c1-24-13-9-7-12(8-10-13)15(25-26(22,23)16(17,18)19)14(21-20)11-5-3-2-4-6-11;2-1(3,4)8(5,6)7/h2-10H,1H3;(H,5,6,7)/q+1;/p-1/b15-14+;. The Balaban J connectivity index is 0.000000620. The molecule has 0 atom stereocenters. The maximum Gasteiger partial charge on any atom is 0.534 e. The van der Waals surface area contributed by atoms with E-state index in [4.69, 9.17) is 17.7 Å². The highest BCUT2D eigenvalue weighted by atomic mass is 32.2. The molecule has 0 N–H and O–H groups in total. The number of hydrogen-bond acceptors (Lipinski definition) is 8. The van der Waals surface area contributed by atoms with Crippen molar-refractivity contribution in [2.45, 2.75) is 11.0 Å². The first-order valence-corrected chi connectivity index (χ1v) is 11.1. The molecule has 186 valence electrons. The zero-order valence-corrected chi connectivity index (χ0v) is 18.2. The molecule has 0 aliphatic carbocycles. The molecule has 2 rings (SSSR count). The third-order valence-electron chi connectivity index (χ3n) is 3.47. The molecule has 9 nitrogen and oxygen atoms in total. The Morgan fingerprint density at radius 3 is 1.68 bits per heavy atom. The van der Waals surface area contributed by atoms with Crippen LogP contribution in [0.3, 0.4) is 0 Å². The molecule has 0 bridgehead atoms. The summed E-state index contributed by atoms with van der Waals surface area (Å²) in [7, 11) is -10.7. The summed E-state index contributed by atoms with van der Waals surface area (Å²) < 4.78 is 129. The summed E-state index contributed by atoms with van der Waals surface area (Å²) >= 11 is 0. The summed E-state index contributed by atoms with van der Waals surface area (Å²) in [5.74, 6) is -0.396. The Hall–Kier alpha value is -3.36. The lowest BCUT2D eigenvalue weighted by Crippen LogP contribution is -2.25. The highest BCUT2D eigenvalue weighted by molar-refractivity contribution is 7.87. The van der Waals surface area contributed by atoms with Crippen LogP contribution in [0.4, 0.5) is 26.3 Å². The molecule has 0 saturated heterocycles. The lowest BCUT2D eigenvalue weighted by Gasteiger charge is -2.11. The molecular weight excluding hydrogens is 522 g/mol. The smallest absolute Gasteiger partial charge is 0.534 e. The van der Waals surface area contributed by atoms with E-state index in [1.165, 1.54) is 55.6 Å². The average molecular weight is 534 g/mol. The lowest BCUT2D eigenvalue weighted by molar-refractivity contribution is -0.0519. The number of rotatable bonds is 5. The van der Waals surface area contributed by atoms with E-state index in [9.17, 15) is 40.2 Å². The quantitative estimate of drug-likeness (QED) is 0.105. The molecule has 0 unspecified atom stereocenters. The maximum absolute atomic E-state index is 12.7. The number of benzene rings is 2. The predicted octanol–water partition coefficient (Wildman–Crippen LogP) is 4.29. The Bertz CT molecular complexity index is 1270. The normalized spacial score (nSPS) is 13.0. The van der Waals surface area contributed by atoms with Gasteiger partial charge < -0.3 is 13.5 Å². The topological polar surface area (TPSA) is 138 Å². The van der Waals surface area contributed by atoms with Crippen molar-refractivity contribution >= 4 is 31.7 Å². The lowest BCUT2D eigenvalue weighted by atomic mass is 10.1. The van der Waals surface area contributed by atoms with Gasteiger partial charge in [0.25, 0.3) is 0 Å². The first-order chi connectivity index (χ1) is 15.4. The summed E-state index contributed by atoms with van der Waals surface area (Å²) in [6, 6.07) is 12.8. The molecule has 0 aliphatic heterocycles. The van der Waals surface area contributed by atoms with Gasteiger partial charge in [0.2, 0.25) is 11.2 Å². The Labute approximate surface area is 188 Å². The van der Waals surface area contributed by atoms with E-state index < -0.39 is 42.7 Å². The summed E-state index contributed by atoms with van der Waals surface area (Å²) in [5.41, 5.74) is -11.7. The molecule has 2 aromatic carbocycles. The van der Waals surface area contributed by atoms with Gasteiger partial charge in [0.05, 0.1) is 12.7 Å². The fraction of sp³-hybridized carbons (Fsp3) is 0.176. The molecule has 0 aliphatic rings. The van der Waals surface area contributed by atoms with Crippen LogP contribution in [0.15, 0.2) is 54.6 Å². The number of diazo groups is 1. The van der Waals surface area contributed by atoms with Crippen LogP contribution in [-0.4, -0.2) is 39.5 Å². The van der Waals surface area contributed by atoms with Gasteiger partial charge in [-0.2, -0.15) is 34.8 Å². The van der Waals surface area contributed by atoms with E-state index in [0.29, 0.717) is 5.75 Å². The van der Waals surface area contributed by atoms with E-state index in [1.54, 1.807) is 6.07 Å². The predicted molar refractivity (Wildman–Crippen MR) is 103 cm³/mol. The number of methoxy groups -OCH3 is 1. The third-order valence-corrected chi connectivity index (χ3v) is 4.99. The number of hydrogen-bond donors (Lipinski definition) is 0. The van der Waals surface area contributed by atoms with Crippen LogP contribution in [0.5, 0.6) is 5.75 Å². The van der Waals surface area contributed by atoms with Crippen LogP contribution < -0.4 is 4.74 Å². The second kappa shape index (κ2) is 10.7. The fourth-order valence-electron chi connectivity index (χ4n) is 1.95. The van der Waals surface area contributed by atoms with Gasteiger partial charge >= 0.3 is 26.8 Å². The van der Waals surface area contributed by atoms with Gasteiger partial charge in [-0.25, -0.2) is 8.42 Å². The summed E-state index contributed by atoms with van der Waals surface area (Å²) in [6.45, 7) is 0. The number of alkyl halides is 6. The molecule has 0 heterocycles. The molecule has 0 fully saturated rings. The van der Waals surface area contributed by atoms with Crippen LogP contribution in [0, 0.1) is 5.39 Å². The third kappa shape index (κ3) is 7.60. The second-order valence-electron chi connectivity index (χ2n) is 5.76. The van der Waals surface area contributed by atoms with Crippen molar-refractivity contribution in [1.82, 2.24) is 0 Å². The van der Waals surface area contributed by atoms with Gasteiger partial charge in [-0.15, -0.1) is 0 Å². The van der Waals surface area contributed by atoms with Crippen LogP contribution in [0.25, 0.3) is 16.4 Å². The van der Waals surface area contributed by atoms with Crippen molar-refractivity contribution < 1.29 is 56.7 Å². The van der Waals surface area contributed by atoms with E-state index in [1.807, 2.05) is 0 Å². The molecule has 34 heavy (non-hydrogen) atoms. The van der Waals surface area contributed by atoms with Gasteiger partial charge in [0, 0.05) is 5.56 Å². The monoisotopic (exact) mass is 534 g/mol. The largest absolute Gasteiger partial charge is 0.741 e. The van der Waals surface area contributed by atoms with Gasteiger partial charge in [-0.3, -0.25) is 0 Å². The summed E-state index contributed by atoms with van der Waals surface area (Å²) in [6.07, 6.45) is 0. The molecule has 0 saturated carbocycles. The minimum Gasteiger partial charge on any atom is -0.741 e. The Morgan fingerprint density at radius 2 is 1.32 bits per heavy atom. The molecule has 2 aromatic rings. The summed E-state index contributed by atoms with van der Waals surface area (Å²) in [4.78, 5) is 2.94.